The number of ether oxygens (including phenoxy) is 1. The van der Waals surface area contributed by atoms with Gasteiger partial charge in [0.05, 0.1) is 13.3 Å². The Morgan fingerprint density at radius 2 is 2.00 bits per heavy atom. The number of piperazine rings is 1. The number of anilines is 1. The maximum Gasteiger partial charge on any atom is 0.407 e. The summed E-state index contributed by atoms with van der Waals surface area (Å²) in [4.78, 5) is 32.2. The molecule has 1 aromatic carbocycles. The van der Waals surface area contributed by atoms with Crippen molar-refractivity contribution in [2.45, 2.75) is 18.3 Å². The summed E-state index contributed by atoms with van der Waals surface area (Å²) >= 11 is 0. The first kappa shape index (κ1) is 21.0. The molecule has 31 heavy (non-hydrogen) atoms. The third-order valence-corrected chi connectivity index (χ3v) is 6.18. The number of halogens is 1. The third-order valence-electron chi connectivity index (χ3n) is 6.18. The zero-order valence-corrected chi connectivity index (χ0v) is 17.3. The van der Waals surface area contributed by atoms with Crippen molar-refractivity contribution in [3.63, 3.8) is 0 Å². The summed E-state index contributed by atoms with van der Waals surface area (Å²) < 4.78 is 20.2. The number of rotatable bonds is 6. The lowest BCUT2D eigenvalue weighted by Gasteiger charge is -2.34. The number of fused-ring (bicyclic) bond motifs is 1. The van der Waals surface area contributed by atoms with Crippen molar-refractivity contribution < 1.29 is 23.8 Å². The highest BCUT2D eigenvalue weighted by Gasteiger charge is 2.50. The topological polar surface area (TPSA) is 95.0 Å². The van der Waals surface area contributed by atoms with Crippen LogP contribution >= 0.6 is 0 Å². The number of carbonyl (C=O) groups is 2. The Hall–Kier alpha value is -3.20. The van der Waals surface area contributed by atoms with E-state index in [1.807, 2.05) is 0 Å². The smallest absolute Gasteiger partial charge is 0.407 e. The number of nitrogens with zero attached hydrogens (tertiary/aromatic N) is 3. The molecule has 1 aromatic heterocycles. The van der Waals surface area contributed by atoms with Gasteiger partial charge >= 0.3 is 6.09 Å². The second-order valence-electron chi connectivity index (χ2n) is 7.83. The van der Waals surface area contributed by atoms with Crippen LogP contribution in [0.4, 0.5) is 15.0 Å². The minimum absolute atomic E-state index is 0.302. The van der Waals surface area contributed by atoms with Gasteiger partial charge in [0.1, 0.15) is 22.8 Å². The van der Waals surface area contributed by atoms with Crippen LogP contribution in [0.5, 0.6) is 5.75 Å². The van der Waals surface area contributed by atoms with Gasteiger partial charge < -0.3 is 20.1 Å². The van der Waals surface area contributed by atoms with Gasteiger partial charge in [-0.05, 0) is 31.5 Å². The molecule has 2 amide bonds. The second kappa shape index (κ2) is 8.50. The molecule has 2 aromatic rings. The van der Waals surface area contributed by atoms with Crippen LogP contribution in [0.15, 0.2) is 36.5 Å². The molecule has 164 valence electrons. The van der Waals surface area contributed by atoms with E-state index in [-0.39, 0.29) is 5.91 Å². The standard InChI is InChI=1S/C22H25FN4O4/c1-31-15-13-17-19(24-14-15)25-20(28)22(17,16-5-2-3-6-18(16)23)7-4-8-26-9-11-27(12-10-26)21(29)30/h2-3,5-6,13-14H,4,7-12H2,1H3,(H,29,30)(H,24,25,28). The molecule has 0 spiro atoms. The number of carbonyl (C=O) groups excluding carboxylic acids is 1. The SMILES string of the molecule is COc1cnc2c(c1)C(CCCN1CCN(C(=O)O)CC1)(c1ccccc1F)C(=O)N2. The largest absolute Gasteiger partial charge is 0.495 e. The van der Waals surface area contributed by atoms with Crippen LogP contribution < -0.4 is 10.1 Å². The molecule has 1 saturated heterocycles. The molecule has 1 fully saturated rings. The number of hydrogen-bond donors (Lipinski definition) is 2. The number of pyridine rings is 1. The number of amides is 2. The maximum absolute atomic E-state index is 14.9. The van der Waals surface area contributed by atoms with Crippen molar-refractivity contribution in [3.05, 3.63) is 53.5 Å². The highest BCUT2D eigenvalue weighted by molar-refractivity contribution is 6.08. The summed E-state index contributed by atoms with van der Waals surface area (Å²) in [5.74, 6) is 0.178. The quantitative estimate of drug-likeness (QED) is 0.734. The van der Waals surface area contributed by atoms with Gasteiger partial charge in [-0.1, -0.05) is 18.2 Å². The van der Waals surface area contributed by atoms with Gasteiger partial charge in [0.15, 0.2) is 0 Å². The first-order valence-electron chi connectivity index (χ1n) is 10.3. The van der Waals surface area contributed by atoms with E-state index in [0.717, 1.165) is 0 Å². The van der Waals surface area contributed by atoms with E-state index in [2.05, 4.69) is 15.2 Å². The summed E-state index contributed by atoms with van der Waals surface area (Å²) in [6.07, 6.45) is 1.64. The van der Waals surface area contributed by atoms with Crippen molar-refractivity contribution in [3.8, 4) is 5.75 Å². The molecule has 1 atom stereocenters. The van der Waals surface area contributed by atoms with Crippen LogP contribution in [0, 0.1) is 5.82 Å². The molecule has 0 aliphatic carbocycles. The average molecular weight is 428 g/mol. The Morgan fingerprint density at radius 1 is 1.26 bits per heavy atom. The zero-order chi connectivity index (χ0) is 22.0. The van der Waals surface area contributed by atoms with Crippen LogP contribution in [0.3, 0.4) is 0 Å². The molecule has 2 N–H and O–H groups in total. The Kier molecular flexibility index (Phi) is 5.77. The molecular formula is C22H25FN4O4. The summed E-state index contributed by atoms with van der Waals surface area (Å²) in [6, 6.07) is 8.09. The minimum Gasteiger partial charge on any atom is -0.495 e. The zero-order valence-electron chi connectivity index (χ0n) is 17.3. The van der Waals surface area contributed by atoms with Crippen LogP contribution in [0.1, 0.15) is 24.0 Å². The molecule has 9 heteroatoms. The molecule has 2 aliphatic rings. The summed E-state index contributed by atoms with van der Waals surface area (Å²) in [5.41, 5.74) is -0.278. The Labute approximate surface area is 179 Å². The molecule has 0 bridgehead atoms. The highest BCUT2D eigenvalue weighted by Crippen LogP contribution is 2.47. The lowest BCUT2D eigenvalue weighted by atomic mass is 9.72. The first-order valence-corrected chi connectivity index (χ1v) is 10.3. The Balaban J connectivity index is 1.60. The van der Waals surface area contributed by atoms with E-state index in [9.17, 15) is 14.0 Å². The molecule has 3 heterocycles. The van der Waals surface area contributed by atoms with E-state index in [1.165, 1.54) is 24.3 Å². The van der Waals surface area contributed by atoms with Gasteiger partial charge in [-0.2, -0.15) is 0 Å². The molecule has 4 rings (SSSR count). The fourth-order valence-corrected chi connectivity index (χ4v) is 4.51. The number of nitrogens with one attached hydrogen (secondary N) is 1. The van der Waals surface area contributed by atoms with Crippen LogP contribution in [0.2, 0.25) is 0 Å². The van der Waals surface area contributed by atoms with E-state index in [1.54, 1.807) is 24.3 Å². The van der Waals surface area contributed by atoms with Crippen molar-refractivity contribution in [1.82, 2.24) is 14.8 Å². The first-order chi connectivity index (χ1) is 15.0. The third kappa shape index (κ3) is 3.81. The predicted molar refractivity (Wildman–Crippen MR) is 112 cm³/mol. The molecular weight excluding hydrogens is 403 g/mol. The monoisotopic (exact) mass is 428 g/mol. The van der Waals surface area contributed by atoms with Gasteiger partial charge in [0, 0.05) is 37.3 Å². The van der Waals surface area contributed by atoms with Crippen molar-refractivity contribution in [2.24, 2.45) is 0 Å². The maximum atomic E-state index is 14.9. The summed E-state index contributed by atoms with van der Waals surface area (Å²) in [7, 11) is 1.52. The number of hydrogen-bond acceptors (Lipinski definition) is 5. The van der Waals surface area contributed by atoms with Gasteiger partial charge in [-0.15, -0.1) is 0 Å². The van der Waals surface area contributed by atoms with Crippen LogP contribution in [-0.2, 0) is 10.2 Å². The minimum atomic E-state index is -1.20. The second-order valence-corrected chi connectivity index (χ2v) is 7.83. The Morgan fingerprint density at radius 3 is 2.68 bits per heavy atom. The normalized spacial score (nSPS) is 21.0. The lowest BCUT2D eigenvalue weighted by Crippen LogP contribution is -2.48. The predicted octanol–water partition coefficient (Wildman–Crippen LogP) is 2.54. The van der Waals surface area contributed by atoms with E-state index in [0.29, 0.717) is 68.3 Å². The number of aromatic nitrogens is 1. The van der Waals surface area contributed by atoms with E-state index >= 15 is 0 Å². The fourth-order valence-electron chi connectivity index (χ4n) is 4.51. The molecule has 8 nitrogen and oxygen atoms in total. The number of carboxylic acid groups (broad SMARTS) is 1. The van der Waals surface area contributed by atoms with E-state index in [4.69, 9.17) is 9.84 Å². The van der Waals surface area contributed by atoms with Crippen molar-refractivity contribution in [2.75, 3.05) is 45.2 Å². The molecule has 0 radical (unpaired) electrons. The van der Waals surface area contributed by atoms with Gasteiger partial charge in [-0.3, -0.25) is 9.69 Å². The lowest BCUT2D eigenvalue weighted by molar-refractivity contribution is -0.119. The van der Waals surface area contributed by atoms with Gasteiger partial charge in [0.25, 0.3) is 0 Å². The Bertz CT molecular complexity index is 993. The van der Waals surface area contributed by atoms with Crippen molar-refractivity contribution in [1.29, 1.82) is 0 Å². The van der Waals surface area contributed by atoms with Crippen LogP contribution in [-0.4, -0.2) is 71.7 Å². The highest BCUT2D eigenvalue weighted by atomic mass is 19.1. The number of methoxy groups -OCH3 is 1. The molecule has 2 aliphatic heterocycles. The van der Waals surface area contributed by atoms with Gasteiger partial charge in [0.2, 0.25) is 5.91 Å². The van der Waals surface area contributed by atoms with Crippen LogP contribution in [0.25, 0.3) is 0 Å². The fraction of sp³-hybridized carbons (Fsp3) is 0.409. The molecule has 0 saturated carbocycles. The number of benzene rings is 1. The average Bonchev–Trinajstić information content (AvgIpc) is 3.05. The van der Waals surface area contributed by atoms with E-state index < -0.39 is 17.3 Å². The molecule has 1 unspecified atom stereocenters. The van der Waals surface area contributed by atoms with Gasteiger partial charge in [-0.25, -0.2) is 14.2 Å². The summed E-state index contributed by atoms with van der Waals surface area (Å²) in [6.45, 7) is 2.87. The summed E-state index contributed by atoms with van der Waals surface area (Å²) in [5, 5.41) is 11.9. The van der Waals surface area contributed by atoms with Crippen molar-refractivity contribution >= 4 is 17.8 Å².